The number of hydroxylamine groups is 6. The lowest BCUT2D eigenvalue weighted by Gasteiger charge is -2.51. The van der Waals surface area contributed by atoms with Crippen LogP contribution in [0.2, 0.25) is 0 Å². The molecule has 5 N–H and O–H groups in total. The molecule has 2 fully saturated rings. The molecule has 2 aliphatic rings. The molecule has 13 nitrogen and oxygen atoms in total. The fraction of sp³-hybridized carbons (Fsp3) is 0.967. The number of hydrogen-bond donors (Lipinski definition) is 5. The number of carbonyl (C=O) groups excluding carboxylic acids is 1. The average Bonchev–Trinajstić information content (AvgIpc) is 2.87. The van der Waals surface area contributed by atoms with Crippen molar-refractivity contribution in [1.82, 2.24) is 0 Å². The molecule has 1 unspecified atom stereocenters. The summed E-state index contributed by atoms with van der Waals surface area (Å²) in [6, 6.07) is -1.81. The Kier molecular flexibility index (Phi) is 12.3. The van der Waals surface area contributed by atoms with Gasteiger partial charge in [0.1, 0.15) is 29.9 Å². The first-order chi connectivity index (χ1) is 19.4. The highest BCUT2D eigenvalue weighted by Crippen LogP contribution is 2.37. The molecule has 0 amide bonds. The van der Waals surface area contributed by atoms with Crippen LogP contribution in [0.5, 0.6) is 0 Å². The highest BCUT2D eigenvalue weighted by Gasteiger charge is 2.52. The maximum absolute atomic E-state index is 13.8. The fourth-order valence-electron chi connectivity index (χ4n) is 7.03. The zero-order chi connectivity index (χ0) is 33.5. The third-order valence-electron chi connectivity index (χ3n) is 9.84. The molecule has 0 bridgehead atoms. The van der Waals surface area contributed by atoms with E-state index >= 15 is 0 Å². The van der Waals surface area contributed by atoms with Gasteiger partial charge in [0.25, 0.3) is 0 Å². The van der Waals surface area contributed by atoms with Gasteiger partial charge >= 0.3 is 5.97 Å². The predicted octanol–water partition coefficient (Wildman–Crippen LogP) is 1.00. The molecule has 0 aliphatic carbocycles. The Morgan fingerprint density at radius 2 is 1.63 bits per heavy atom. The number of likely N-dealkylation sites (N-methyl/N-ethyl adjacent to an activating group) is 2. The molecule has 254 valence electrons. The fourth-order valence-corrected chi connectivity index (χ4v) is 7.03. The normalized spacial score (nSPS) is 50.0. The number of nitrogens with zero attached hydrogens (tertiary/aromatic N) is 2. The van der Waals surface area contributed by atoms with E-state index in [-0.39, 0.29) is 25.8 Å². The van der Waals surface area contributed by atoms with E-state index in [4.69, 9.17) is 14.2 Å². The molecule has 0 aromatic rings. The molecular weight excluding hydrogens is 564 g/mol. The molecule has 43 heavy (non-hydrogen) atoms. The summed E-state index contributed by atoms with van der Waals surface area (Å²) < 4.78 is 16.1. The molecule has 0 spiro atoms. The Hall–Kier alpha value is -0.970. The van der Waals surface area contributed by atoms with Gasteiger partial charge in [0, 0.05) is 18.3 Å². The lowest BCUT2D eigenvalue weighted by molar-refractivity contribution is -0.892. The van der Waals surface area contributed by atoms with Crippen molar-refractivity contribution in [3.63, 3.8) is 0 Å². The SMILES string of the molecule is CC[C@H]1OC(=O)[C@H](C)[C@@H](O)[C@H](C)[C@@H](O[C@@H]2O[C@H](C)C[C@H]([N+](C)(C)[O-])[C@H]2O)[C@](C)(O)C[C@@H](C)C[N+](C)([O-])[C@H](C)[C@@H](O)[C@]1(C)O. The maximum atomic E-state index is 13.8. The first kappa shape index (κ1) is 38.2. The zero-order valence-corrected chi connectivity index (χ0v) is 27.8. The van der Waals surface area contributed by atoms with Gasteiger partial charge < -0.3 is 59.5 Å². The van der Waals surface area contributed by atoms with E-state index in [9.17, 15) is 40.7 Å². The monoisotopic (exact) mass is 622 g/mol. The Bertz CT molecular complexity index is 924. The van der Waals surface area contributed by atoms with E-state index in [1.54, 1.807) is 27.7 Å². The largest absolute Gasteiger partial charge is 0.633 e. The minimum absolute atomic E-state index is 0.00529. The number of aliphatic hydroxyl groups excluding tert-OH is 3. The standard InChI is InChI=1S/C30H58N2O11/c1-12-22-30(8,38)25(35)20(6)32(11,40)15-16(2)14-29(7,37)26(18(4)23(33)19(5)27(36)42-22)43-28-24(34)21(31(9,10)39)13-17(3)41-28/h16-26,28,33-35,37-38H,12-15H2,1-11H3/t16-,17-,18+,19-,20-,21+,22-,23+,24-,25-,26-,28+,29-,30-,32?/m1/s1. The zero-order valence-electron chi connectivity index (χ0n) is 27.8. The molecule has 0 radical (unpaired) electrons. The van der Waals surface area contributed by atoms with Crippen molar-refractivity contribution < 1.29 is 53.8 Å². The van der Waals surface area contributed by atoms with E-state index in [2.05, 4.69) is 0 Å². The van der Waals surface area contributed by atoms with Crippen LogP contribution in [0.1, 0.15) is 74.7 Å². The minimum Gasteiger partial charge on any atom is -0.633 e. The van der Waals surface area contributed by atoms with Gasteiger partial charge in [-0.3, -0.25) is 4.79 Å². The number of rotatable bonds is 4. The molecule has 15 atom stereocenters. The van der Waals surface area contributed by atoms with Gasteiger partial charge in [-0.05, 0) is 47.5 Å². The second kappa shape index (κ2) is 13.8. The minimum atomic E-state index is -1.97. The van der Waals surface area contributed by atoms with Gasteiger partial charge in [-0.2, -0.15) is 0 Å². The second-order valence-corrected chi connectivity index (χ2v) is 14.5. The predicted molar refractivity (Wildman–Crippen MR) is 159 cm³/mol. The van der Waals surface area contributed by atoms with E-state index in [1.807, 2.05) is 0 Å². The summed E-state index contributed by atoms with van der Waals surface area (Å²) in [7, 11) is 4.21. The first-order valence-corrected chi connectivity index (χ1v) is 15.5. The van der Waals surface area contributed by atoms with E-state index < -0.39 is 99.2 Å². The molecule has 2 aliphatic heterocycles. The number of esters is 1. The Labute approximate surface area is 256 Å². The van der Waals surface area contributed by atoms with Crippen LogP contribution >= 0.6 is 0 Å². The highest BCUT2D eigenvalue weighted by molar-refractivity contribution is 5.73. The average molecular weight is 623 g/mol. The van der Waals surface area contributed by atoms with Gasteiger partial charge in [-0.25, -0.2) is 0 Å². The molecule has 2 saturated heterocycles. The molecule has 2 rings (SSSR count). The van der Waals surface area contributed by atoms with Crippen molar-refractivity contribution in [1.29, 1.82) is 0 Å². The van der Waals surface area contributed by atoms with Crippen LogP contribution in [0, 0.1) is 28.2 Å². The lowest BCUT2D eigenvalue weighted by atomic mass is 9.78. The van der Waals surface area contributed by atoms with Gasteiger partial charge in [-0.15, -0.1) is 0 Å². The Balaban J connectivity index is 2.59. The number of ether oxygens (including phenoxy) is 3. The van der Waals surface area contributed by atoms with E-state index in [0.717, 1.165) is 0 Å². The summed E-state index contributed by atoms with van der Waals surface area (Å²) >= 11 is 0. The van der Waals surface area contributed by atoms with Crippen LogP contribution < -0.4 is 0 Å². The van der Waals surface area contributed by atoms with Crippen LogP contribution in [0.15, 0.2) is 0 Å². The third kappa shape index (κ3) is 8.64. The van der Waals surface area contributed by atoms with Crippen LogP contribution in [-0.2, 0) is 19.0 Å². The van der Waals surface area contributed by atoms with Crippen molar-refractivity contribution in [2.45, 2.75) is 141 Å². The maximum Gasteiger partial charge on any atom is 0.311 e. The lowest BCUT2D eigenvalue weighted by Crippen LogP contribution is -2.63. The topological polar surface area (TPSA) is 192 Å². The first-order valence-electron chi connectivity index (χ1n) is 15.5. The van der Waals surface area contributed by atoms with Crippen molar-refractivity contribution in [2.75, 3.05) is 27.7 Å². The number of cyclic esters (lactones) is 1. The highest BCUT2D eigenvalue weighted by atomic mass is 16.7. The van der Waals surface area contributed by atoms with Gasteiger partial charge in [-0.1, -0.05) is 20.8 Å². The number of hydrogen-bond acceptors (Lipinski definition) is 11. The van der Waals surface area contributed by atoms with Crippen molar-refractivity contribution in [3.05, 3.63) is 10.4 Å². The molecule has 0 saturated carbocycles. The summed E-state index contributed by atoms with van der Waals surface area (Å²) in [6.07, 6.45) is -8.09. The second-order valence-electron chi connectivity index (χ2n) is 14.5. The van der Waals surface area contributed by atoms with E-state index in [0.29, 0.717) is 0 Å². The summed E-state index contributed by atoms with van der Waals surface area (Å²) in [5.74, 6) is -3.38. The van der Waals surface area contributed by atoms with E-state index in [1.165, 1.54) is 48.8 Å². The molecule has 0 aromatic heterocycles. The van der Waals surface area contributed by atoms with Gasteiger partial charge in [0.05, 0.1) is 57.5 Å². The number of carbonyl (C=O) groups is 1. The Morgan fingerprint density at radius 3 is 2.14 bits per heavy atom. The number of aliphatic hydroxyl groups is 5. The molecular formula is C30H58N2O11. The summed E-state index contributed by atoms with van der Waals surface area (Å²) in [5.41, 5.74) is -3.69. The van der Waals surface area contributed by atoms with Crippen LogP contribution in [0.25, 0.3) is 0 Å². The summed E-state index contributed by atoms with van der Waals surface area (Å²) in [6.45, 7) is 12.5. The van der Waals surface area contributed by atoms with Crippen molar-refractivity contribution in [3.8, 4) is 0 Å². The molecule has 13 heteroatoms. The Morgan fingerprint density at radius 1 is 1.07 bits per heavy atom. The smallest absolute Gasteiger partial charge is 0.311 e. The number of quaternary nitrogens is 2. The summed E-state index contributed by atoms with van der Waals surface area (Å²) in [4.78, 5) is 13.3. The van der Waals surface area contributed by atoms with Crippen molar-refractivity contribution in [2.24, 2.45) is 17.8 Å². The van der Waals surface area contributed by atoms with Gasteiger partial charge in [0.2, 0.25) is 0 Å². The van der Waals surface area contributed by atoms with Crippen molar-refractivity contribution >= 4 is 5.97 Å². The quantitative estimate of drug-likeness (QED) is 0.130. The van der Waals surface area contributed by atoms with Crippen LogP contribution in [-0.4, -0.2) is 135 Å². The van der Waals surface area contributed by atoms with Crippen LogP contribution in [0.4, 0.5) is 0 Å². The third-order valence-corrected chi connectivity index (χ3v) is 9.84. The van der Waals surface area contributed by atoms with Gasteiger partial charge in [0.15, 0.2) is 12.4 Å². The molecule has 0 aromatic carbocycles. The molecule has 2 heterocycles. The summed E-state index contributed by atoms with van der Waals surface area (Å²) in [5, 5.41) is 83.6. The van der Waals surface area contributed by atoms with Crippen LogP contribution in [0.3, 0.4) is 0 Å².